The van der Waals surface area contributed by atoms with Crippen LogP contribution in [0.2, 0.25) is 0 Å². The van der Waals surface area contributed by atoms with E-state index in [0.717, 1.165) is 22.4 Å². The lowest BCUT2D eigenvalue weighted by Crippen LogP contribution is -2.39. The van der Waals surface area contributed by atoms with E-state index in [-0.39, 0.29) is 18.4 Å². The average Bonchev–Trinajstić information content (AvgIpc) is 3.14. The lowest BCUT2D eigenvalue weighted by atomic mass is 10.1. The van der Waals surface area contributed by atoms with Crippen molar-refractivity contribution in [2.75, 3.05) is 32.1 Å². The van der Waals surface area contributed by atoms with Gasteiger partial charge in [0.05, 0.1) is 6.61 Å². The van der Waals surface area contributed by atoms with Crippen molar-refractivity contribution < 1.29 is 14.3 Å². The molecule has 1 heterocycles. The summed E-state index contributed by atoms with van der Waals surface area (Å²) >= 11 is 1.57. The second-order valence-corrected chi connectivity index (χ2v) is 6.72. The summed E-state index contributed by atoms with van der Waals surface area (Å²) in [6.45, 7) is 4.65. The topological polar surface area (TPSA) is 58.6 Å². The Bertz CT molecular complexity index is 769. The van der Waals surface area contributed by atoms with Crippen LogP contribution in [-0.4, -0.2) is 43.5 Å². The molecule has 1 N–H and O–H groups in total. The van der Waals surface area contributed by atoms with Gasteiger partial charge >= 0.3 is 0 Å². The first kappa shape index (κ1) is 19.9. The summed E-state index contributed by atoms with van der Waals surface area (Å²) in [4.78, 5) is 26.4. The summed E-state index contributed by atoms with van der Waals surface area (Å²) in [6.07, 6.45) is 3.24. The number of hydrogen-bond acceptors (Lipinski definition) is 4. The average molecular weight is 372 g/mol. The molecule has 0 bridgehead atoms. The van der Waals surface area contributed by atoms with Crippen LogP contribution in [0.15, 0.2) is 41.1 Å². The van der Waals surface area contributed by atoms with Crippen LogP contribution >= 0.6 is 11.3 Å². The molecular formula is C20H24N2O3S. The molecule has 0 aliphatic carbocycles. The first-order valence-electron chi connectivity index (χ1n) is 8.35. The van der Waals surface area contributed by atoms with E-state index in [4.69, 9.17) is 4.74 Å². The Kier molecular flexibility index (Phi) is 7.56. The summed E-state index contributed by atoms with van der Waals surface area (Å²) in [5.74, 6) is -0.448. The fourth-order valence-electron chi connectivity index (χ4n) is 2.36. The zero-order valence-electron chi connectivity index (χ0n) is 15.3. The summed E-state index contributed by atoms with van der Waals surface area (Å²) in [7, 11) is 1.57. The fourth-order valence-corrected chi connectivity index (χ4v) is 2.99. The number of hydrogen-bond donors (Lipinski definition) is 1. The smallest absolute Gasteiger partial charge is 0.247 e. The molecule has 0 aliphatic rings. The normalized spacial score (nSPS) is 10.9. The van der Waals surface area contributed by atoms with Crippen LogP contribution in [0.25, 0.3) is 6.08 Å². The predicted molar refractivity (Wildman–Crippen MR) is 106 cm³/mol. The molecule has 2 aromatic rings. The largest absolute Gasteiger partial charge is 0.383 e. The molecular weight excluding hydrogens is 348 g/mol. The third-order valence-electron chi connectivity index (χ3n) is 4.05. The minimum absolute atomic E-state index is 0.0243. The number of benzene rings is 1. The molecule has 0 fully saturated rings. The third-order valence-corrected chi connectivity index (χ3v) is 4.75. The van der Waals surface area contributed by atoms with Crippen molar-refractivity contribution in [2.24, 2.45) is 0 Å². The number of nitrogens with zero attached hydrogens (tertiary/aromatic N) is 1. The highest BCUT2D eigenvalue weighted by Gasteiger charge is 2.16. The van der Waals surface area contributed by atoms with Gasteiger partial charge in [0.25, 0.3) is 0 Å². The Labute approximate surface area is 158 Å². The fraction of sp³-hybridized carbons (Fsp3) is 0.300. The molecule has 2 rings (SSSR count). The van der Waals surface area contributed by atoms with Crippen molar-refractivity contribution in [1.29, 1.82) is 0 Å². The Morgan fingerprint density at radius 1 is 1.27 bits per heavy atom. The lowest BCUT2D eigenvalue weighted by molar-refractivity contribution is -0.131. The van der Waals surface area contributed by atoms with Gasteiger partial charge in [0, 0.05) is 25.4 Å². The molecule has 1 aromatic heterocycles. The number of rotatable bonds is 8. The van der Waals surface area contributed by atoms with Crippen LogP contribution in [0, 0.1) is 13.8 Å². The highest BCUT2D eigenvalue weighted by molar-refractivity contribution is 7.08. The van der Waals surface area contributed by atoms with E-state index in [1.807, 2.05) is 48.9 Å². The van der Waals surface area contributed by atoms with Gasteiger partial charge in [-0.05, 0) is 59.5 Å². The van der Waals surface area contributed by atoms with E-state index in [9.17, 15) is 9.59 Å². The number of anilines is 1. The number of thiophene rings is 1. The molecule has 0 aliphatic heterocycles. The van der Waals surface area contributed by atoms with Gasteiger partial charge in [-0.1, -0.05) is 12.1 Å². The molecule has 1 aromatic carbocycles. The molecule has 0 atom stereocenters. The maximum Gasteiger partial charge on any atom is 0.247 e. The number of nitrogens with one attached hydrogen (secondary N) is 1. The maximum absolute atomic E-state index is 12.5. The number of aryl methyl sites for hydroxylation is 1. The molecule has 0 spiro atoms. The molecule has 6 heteroatoms. The molecule has 0 radical (unpaired) electrons. The van der Waals surface area contributed by atoms with Gasteiger partial charge in [-0.25, -0.2) is 0 Å². The van der Waals surface area contributed by atoms with Crippen molar-refractivity contribution in [3.63, 3.8) is 0 Å². The van der Waals surface area contributed by atoms with Crippen LogP contribution in [0.1, 0.15) is 16.7 Å². The number of methoxy groups -OCH3 is 1. The summed E-state index contributed by atoms with van der Waals surface area (Å²) in [5.41, 5.74) is 3.86. The van der Waals surface area contributed by atoms with Crippen molar-refractivity contribution in [2.45, 2.75) is 13.8 Å². The highest BCUT2D eigenvalue weighted by Crippen LogP contribution is 2.17. The van der Waals surface area contributed by atoms with Gasteiger partial charge in [0.15, 0.2) is 0 Å². The molecule has 5 nitrogen and oxygen atoms in total. The standard InChI is InChI=1S/C20H24N2O3S/c1-15-5-4-6-18(16(15)2)21-19(23)13-22(10-11-25-3)20(24)8-7-17-9-12-26-14-17/h4-9,12,14H,10-11,13H2,1-3H3,(H,21,23)/b8-7+. The Morgan fingerprint density at radius 3 is 2.77 bits per heavy atom. The van der Waals surface area contributed by atoms with Crippen LogP contribution < -0.4 is 5.32 Å². The second-order valence-electron chi connectivity index (χ2n) is 5.94. The SMILES string of the molecule is COCCN(CC(=O)Nc1cccc(C)c1C)C(=O)/C=C/c1ccsc1. The Balaban J connectivity index is 2.02. The third kappa shape index (κ3) is 5.82. The van der Waals surface area contributed by atoms with E-state index < -0.39 is 0 Å². The minimum Gasteiger partial charge on any atom is -0.383 e. The van der Waals surface area contributed by atoms with Crippen molar-refractivity contribution in [3.05, 3.63) is 57.8 Å². The second kappa shape index (κ2) is 9.89. The summed E-state index contributed by atoms with van der Waals surface area (Å²) < 4.78 is 5.06. The quantitative estimate of drug-likeness (QED) is 0.722. The van der Waals surface area contributed by atoms with Gasteiger partial charge in [0.1, 0.15) is 6.54 Å². The number of carbonyl (C=O) groups is 2. The molecule has 2 amide bonds. The minimum atomic E-state index is -0.230. The number of ether oxygens (including phenoxy) is 1. The van der Waals surface area contributed by atoms with Gasteiger partial charge in [0.2, 0.25) is 11.8 Å². The monoisotopic (exact) mass is 372 g/mol. The zero-order valence-corrected chi connectivity index (χ0v) is 16.1. The molecule has 138 valence electrons. The lowest BCUT2D eigenvalue weighted by Gasteiger charge is -2.21. The number of amides is 2. The first-order valence-corrected chi connectivity index (χ1v) is 9.29. The maximum atomic E-state index is 12.5. The van der Waals surface area contributed by atoms with E-state index in [0.29, 0.717) is 13.2 Å². The van der Waals surface area contributed by atoms with Crippen LogP contribution in [-0.2, 0) is 14.3 Å². The van der Waals surface area contributed by atoms with Gasteiger partial charge in [-0.2, -0.15) is 11.3 Å². The van der Waals surface area contributed by atoms with Crippen LogP contribution in [0.4, 0.5) is 5.69 Å². The molecule has 0 saturated carbocycles. The van der Waals surface area contributed by atoms with Crippen molar-refractivity contribution in [3.8, 4) is 0 Å². The van der Waals surface area contributed by atoms with E-state index in [2.05, 4.69) is 5.32 Å². The highest BCUT2D eigenvalue weighted by atomic mass is 32.1. The molecule has 26 heavy (non-hydrogen) atoms. The Morgan fingerprint density at radius 2 is 2.08 bits per heavy atom. The summed E-state index contributed by atoms with van der Waals surface area (Å²) in [5, 5.41) is 6.79. The van der Waals surface area contributed by atoms with Gasteiger partial charge in [-0.3, -0.25) is 9.59 Å². The van der Waals surface area contributed by atoms with E-state index in [1.165, 1.54) is 11.0 Å². The molecule has 0 saturated heterocycles. The van der Waals surface area contributed by atoms with E-state index >= 15 is 0 Å². The van der Waals surface area contributed by atoms with Gasteiger partial charge in [-0.15, -0.1) is 0 Å². The van der Waals surface area contributed by atoms with Gasteiger partial charge < -0.3 is 15.0 Å². The van der Waals surface area contributed by atoms with Crippen molar-refractivity contribution in [1.82, 2.24) is 4.90 Å². The Hall–Kier alpha value is -2.44. The van der Waals surface area contributed by atoms with Crippen LogP contribution in [0.5, 0.6) is 0 Å². The zero-order chi connectivity index (χ0) is 18.9. The van der Waals surface area contributed by atoms with Crippen LogP contribution in [0.3, 0.4) is 0 Å². The van der Waals surface area contributed by atoms with Crippen molar-refractivity contribution >= 4 is 34.9 Å². The summed E-state index contributed by atoms with van der Waals surface area (Å²) in [6, 6.07) is 7.68. The molecule has 0 unspecified atom stereocenters. The number of carbonyl (C=O) groups excluding carboxylic acids is 2. The first-order chi connectivity index (χ1) is 12.5. The predicted octanol–water partition coefficient (Wildman–Crippen LogP) is 3.49. The van der Waals surface area contributed by atoms with E-state index in [1.54, 1.807) is 24.5 Å².